The molecule has 0 N–H and O–H groups in total. The van der Waals surface area contributed by atoms with Crippen LogP contribution in [0.4, 0.5) is 0 Å². The molecule has 0 fully saturated rings. The van der Waals surface area contributed by atoms with Gasteiger partial charge in [0, 0.05) is 10.9 Å². The van der Waals surface area contributed by atoms with E-state index in [0.29, 0.717) is 0 Å². The molecule has 0 spiro atoms. The standard InChI is InChI=1S/C13H18Cl2Si/c1-3-10-16(2,11-4-9-14)13-7-5-12(15)6-8-13/h3,5-8H,1,4,9-11H2,2H3. The molecule has 0 aliphatic heterocycles. The second-order valence-electron chi connectivity index (χ2n) is 4.35. The Morgan fingerprint density at radius 2 is 1.94 bits per heavy atom. The Kier molecular flexibility index (Phi) is 5.60. The van der Waals surface area contributed by atoms with Crippen molar-refractivity contribution in [2.75, 3.05) is 5.88 Å². The molecule has 0 aromatic heterocycles. The number of allylic oxidation sites excluding steroid dienone is 1. The second kappa shape index (κ2) is 6.48. The largest absolute Gasteiger partial charge is 0.127 e. The Balaban J connectivity index is 2.90. The molecule has 1 aromatic carbocycles. The van der Waals surface area contributed by atoms with Crippen LogP contribution in [0.25, 0.3) is 0 Å². The zero-order valence-corrected chi connectivity index (χ0v) is 12.2. The number of alkyl halides is 1. The molecule has 0 saturated heterocycles. The molecule has 3 heteroatoms. The summed E-state index contributed by atoms with van der Waals surface area (Å²) in [5.74, 6) is 0.743. The number of benzene rings is 1. The summed E-state index contributed by atoms with van der Waals surface area (Å²) in [5, 5.41) is 2.25. The van der Waals surface area contributed by atoms with Crippen LogP contribution in [-0.4, -0.2) is 14.0 Å². The van der Waals surface area contributed by atoms with E-state index in [2.05, 4.69) is 25.3 Å². The molecule has 0 saturated carbocycles. The van der Waals surface area contributed by atoms with E-state index in [9.17, 15) is 0 Å². The van der Waals surface area contributed by atoms with Crippen molar-refractivity contribution in [1.82, 2.24) is 0 Å². The normalized spacial score (nSPS) is 14.4. The van der Waals surface area contributed by atoms with Crippen LogP contribution in [0.2, 0.25) is 23.7 Å². The van der Waals surface area contributed by atoms with Gasteiger partial charge in [-0.1, -0.05) is 47.6 Å². The molecular weight excluding hydrogens is 255 g/mol. The molecule has 0 bridgehead atoms. The first kappa shape index (κ1) is 13.8. The summed E-state index contributed by atoms with van der Waals surface area (Å²) < 4.78 is 0. The van der Waals surface area contributed by atoms with Crippen LogP contribution < -0.4 is 5.19 Å². The third-order valence-corrected chi connectivity index (χ3v) is 7.89. The van der Waals surface area contributed by atoms with Crippen LogP contribution in [0.3, 0.4) is 0 Å². The highest BCUT2D eigenvalue weighted by atomic mass is 35.5. The van der Waals surface area contributed by atoms with E-state index < -0.39 is 8.07 Å². The van der Waals surface area contributed by atoms with Gasteiger partial charge in [-0.2, -0.15) is 0 Å². The topological polar surface area (TPSA) is 0 Å². The highest BCUT2D eigenvalue weighted by Crippen LogP contribution is 2.20. The van der Waals surface area contributed by atoms with Gasteiger partial charge >= 0.3 is 0 Å². The molecule has 1 rings (SSSR count). The molecular formula is C13H18Cl2Si. The van der Waals surface area contributed by atoms with Crippen LogP contribution in [0.15, 0.2) is 36.9 Å². The highest BCUT2D eigenvalue weighted by Gasteiger charge is 2.27. The minimum Gasteiger partial charge on any atom is -0.127 e. The predicted molar refractivity (Wildman–Crippen MR) is 77.9 cm³/mol. The Bertz CT molecular complexity index is 334. The Hall–Kier alpha value is -0.243. The lowest BCUT2D eigenvalue weighted by Crippen LogP contribution is -2.43. The monoisotopic (exact) mass is 272 g/mol. The van der Waals surface area contributed by atoms with Gasteiger partial charge in [-0.15, -0.1) is 18.2 Å². The number of hydrogen-bond acceptors (Lipinski definition) is 0. The molecule has 0 radical (unpaired) electrons. The van der Waals surface area contributed by atoms with Gasteiger partial charge < -0.3 is 0 Å². The minimum atomic E-state index is -1.43. The number of hydrogen-bond donors (Lipinski definition) is 0. The fraction of sp³-hybridized carbons (Fsp3) is 0.385. The van der Waals surface area contributed by atoms with E-state index in [1.54, 1.807) is 0 Å². The van der Waals surface area contributed by atoms with E-state index in [1.807, 2.05) is 18.2 Å². The maximum Gasteiger partial charge on any atom is 0.0873 e. The summed E-state index contributed by atoms with van der Waals surface area (Å²) in [6.45, 7) is 6.27. The summed E-state index contributed by atoms with van der Waals surface area (Å²) >= 11 is 11.7. The lowest BCUT2D eigenvalue weighted by Gasteiger charge is -2.26. The van der Waals surface area contributed by atoms with Gasteiger partial charge in [-0.25, -0.2) is 0 Å². The van der Waals surface area contributed by atoms with E-state index in [4.69, 9.17) is 23.2 Å². The smallest absolute Gasteiger partial charge is 0.0873 e. The van der Waals surface area contributed by atoms with Crippen molar-refractivity contribution in [2.45, 2.75) is 25.1 Å². The fourth-order valence-corrected chi connectivity index (χ4v) is 5.77. The predicted octanol–water partition coefficient (Wildman–Crippen LogP) is 4.44. The fourth-order valence-electron chi connectivity index (χ4n) is 1.99. The SMILES string of the molecule is C=CC[Si](C)(CCCCl)c1ccc(Cl)cc1. The molecule has 16 heavy (non-hydrogen) atoms. The van der Waals surface area contributed by atoms with Gasteiger partial charge in [-0.05, 0) is 24.6 Å². The molecule has 0 aliphatic carbocycles. The summed E-state index contributed by atoms with van der Waals surface area (Å²) in [7, 11) is -1.43. The first-order valence-electron chi connectivity index (χ1n) is 5.55. The van der Waals surface area contributed by atoms with Crippen molar-refractivity contribution in [3.8, 4) is 0 Å². The quantitative estimate of drug-likeness (QED) is 0.408. The summed E-state index contributed by atoms with van der Waals surface area (Å²) in [6.07, 6.45) is 3.12. The number of halogens is 2. The molecule has 1 unspecified atom stereocenters. The third-order valence-electron chi connectivity index (χ3n) is 3.00. The molecule has 88 valence electrons. The van der Waals surface area contributed by atoms with E-state index in [1.165, 1.54) is 11.2 Å². The lowest BCUT2D eigenvalue weighted by atomic mass is 10.4. The van der Waals surface area contributed by atoms with E-state index in [0.717, 1.165) is 23.4 Å². The maximum atomic E-state index is 5.92. The second-order valence-corrected chi connectivity index (χ2v) is 9.77. The van der Waals surface area contributed by atoms with Gasteiger partial charge in [-0.3, -0.25) is 0 Å². The van der Waals surface area contributed by atoms with Crippen molar-refractivity contribution < 1.29 is 0 Å². The van der Waals surface area contributed by atoms with Crippen molar-refractivity contribution >= 4 is 36.5 Å². The Morgan fingerprint density at radius 3 is 2.44 bits per heavy atom. The van der Waals surface area contributed by atoms with Crippen LogP contribution >= 0.6 is 23.2 Å². The molecule has 0 heterocycles. The lowest BCUT2D eigenvalue weighted by molar-refractivity contribution is 1.05. The van der Waals surface area contributed by atoms with Crippen LogP contribution in [0.1, 0.15) is 6.42 Å². The van der Waals surface area contributed by atoms with Crippen molar-refractivity contribution in [3.05, 3.63) is 41.9 Å². The molecule has 0 amide bonds. The van der Waals surface area contributed by atoms with Gasteiger partial charge in [0.05, 0.1) is 8.07 Å². The molecule has 0 nitrogen and oxygen atoms in total. The average molecular weight is 273 g/mol. The minimum absolute atomic E-state index is 0.743. The summed E-state index contributed by atoms with van der Waals surface area (Å²) in [5.41, 5.74) is 0. The highest BCUT2D eigenvalue weighted by molar-refractivity contribution is 6.91. The molecule has 1 atom stereocenters. The van der Waals surface area contributed by atoms with Crippen molar-refractivity contribution in [2.24, 2.45) is 0 Å². The van der Waals surface area contributed by atoms with Crippen LogP contribution in [0, 0.1) is 0 Å². The van der Waals surface area contributed by atoms with Gasteiger partial charge in [0.2, 0.25) is 0 Å². The third kappa shape index (κ3) is 3.65. The first-order chi connectivity index (χ1) is 7.62. The van der Waals surface area contributed by atoms with E-state index >= 15 is 0 Å². The van der Waals surface area contributed by atoms with Crippen molar-refractivity contribution in [3.63, 3.8) is 0 Å². The molecule has 1 aromatic rings. The van der Waals surface area contributed by atoms with Crippen molar-refractivity contribution in [1.29, 1.82) is 0 Å². The average Bonchev–Trinajstić information content (AvgIpc) is 2.27. The summed E-state index contributed by atoms with van der Waals surface area (Å²) in [4.78, 5) is 0. The van der Waals surface area contributed by atoms with Crippen LogP contribution in [-0.2, 0) is 0 Å². The first-order valence-corrected chi connectivity index (χ1v) is 9.38. The zero-order chi connectivity index (χ0) is 12.0. The maximum absolute atomic E-state index is 5.92. The Morgan fingerprint density at radius 1 is 1.31 bits per heavy atom. The van der Waals surface area contributed by atoms with Gasteiger partial charge in [0.25, 0.3) is 0 Å². The van der Waals surface area contributed by atoms with Crippen LogP contribution in [0.5, 0.6) is 0 Å². The summed E-state index contributed by atoms with van der Waals surface area (Å²) in [6, 6.07) is 10.6. The Labute approximate surface area is 109 Å². The van der Waals surface area contributed by atoms with E-state index in [-0.39, 0.29) is 0 Å². The zero-order valence-electron chi connectivity index (χ0n) is 9.68. The molecule has 0 aliphatic rings. The number of rotatable bonds is 6. The van der Waals surface area contributed by atoms with Gasteiger partial charge in [0.15, 0.2) is 0 Å². The van der Waals surface area contributed by atoms with Gasteiger partial charge in [0.1, 0.15) is 0 Å².